The van der Waals surface area contributed by atoms with Crippen LogP contribution in [0.25, 0.3) is 0 Å². The number of carbonyl (C=O) groups is 1. The predicted molar refractivity (Wildman–Crippen MR) is 65.0 cm³/mol. The van der Waals surface area contributed by atoms with Crippen LogP contribution in [-0.2, 0) is 0 Å². The number of hydrogen-bond donors (Lipinski definition) is 0. The number of nitrogens with zero attached hydrogens (tertiary/aromatic N) is 1. The molecule has 1 unspecified atom stereocenters. The number of anilines is 1. The molecule has 0 aliphatic carbocycles. The number of thiophene rings is 1. The SMILES string of the molecule is CCC1CCCCN1c1csc(C=O)c1. The Labute approximate surface area is 94.9 Å². The summed E-state index contributed by atoms with van der Waals surface area (Å²) in [6, 6.07) is 2.69. The Balaban J connectivity index is 2.16. The van der Waals surface area contributed by atoms with E-state index >= 15 is 0 Å². The molecule has 2 rings (SSSR count). The Kier molecular flexibility index (Phi) is 3.41. The zero-order valence-electron chi connectivity index (χ0n) is 9.11. The van der Waals surface area contributed by atoms with Crippen molar-refractivity contribution in [3.63, 3.8) is 0 Å². The van der Waals surface area contributed by atoms with Crippen molar-refractivity contribution in [2.24, 2.45) is 0 Å². The van der Waals surface area contributed by atoms with E-state index < -0.39 is 0 Å². The van der Waals surface area contributed by atoms with Crippen LogP contribution in [-0.4, -0.2) is 18.9 Å². The molecule has 1 saturated heterocycles. The van der Waals surface area contributed by atoms with Crippen LogP contribution in [0.5, 0.6) is 0 Å². The van der Waals surface area contributed by atoms with Gasteiger partial charge in [0.2, 0.25) is 0 Å². The Bertz CT molecular complexity index is 334. The summed E-state index contributed by atoms with van der Waals surface area (Å²) in [4.78, 5) is 13.9. The summed E-state index contributed by atoms with van der Waals surface area (Å²) in [5.41, 5.74) is 1.24. The van der Waals surface area contributed by atoms with Gasteiger partial charge >= 0.3 is 0 Å². The molecule has 1 aromatic heterocycles. The summed E-state index contributed by atoms with van der Waals surface area (Å²) in [5, 5.41) is 2.11. The fourth-order valence-corrected chi connectivity index (χ4v) is 3.02. The molecular formula is C12H17NOS. The van der Waals surface area contributed by atoms with E-state index in [1.807, 2.05) is 6.07 Å². The molecule has 0 bridgehead atoms. The number of piperidine rings is 1. The summed E-state index contributed by atoms with van der Waals surface area (Å²) in [7, 11) is 0. The molecule has 1 atom stereocenters. The molecule has 0 spiro atoms. The Morgan fingerprint density at radius 1 is 1.60 bits per heavy atom. The molecule has 15 heavy (non-hydrogen) atoms. The normalized spacial score (nSPS) is 21.7. The average Bonchev–Trinajstić information content (AvgIpc) is 2.77. The average molecular weight is 223 g/mol. The van der Waals surface area contributed by atoms with Gasteiger partial charge in [0.05, 0.1) is 4.88 Å². The first-order valence-electron chi connectivity index (χ1n) is 5.65. The third kappa shape index (κ3) is 2.23. The van der Waals surface area contributed by atoms with Crippen molar-refractivity contribution >= 4 is 23.3 Å². The van der Waals surface area contributed by atoms with E-state index in [2.05, 4.69) is 17.2 Å². The molecule has 1 aromatic rings. The van der Waals surface area contributed by atoms with Gasteiger partial charge in [0.1, 0.15) is 0 Å². The second-order valence-corrected chi connectivity index (χ2v) is 5.02. The van der Waals surface area contributed by atoms with E-state index in [1.165, 1.54) is 31.4 Å². The van der Waals surface area contributed by atoms with Crippen LogP contribution >= 0.6 is 11.3 Å². The van der Waals surface area contributed by atoms with Crippen LogP contribution in [0.1, 0.15) is 42.3 Å². The molecule has 0 N–H and O–H groups in total. The highest BCUT2D eigenvalue weighted by atomic mass is 32.1. The van der Waals surface area contributed by atoms with Crippen LogP contribution in [0.15, 0.2) is 11.4 Å². The number of carbonyl (C=O) groups excluding carboxylic acids is 1. The molecule has 2 nitrogen and oxygen atoms in total. The van der Waals surface area contributed by atoms with E-state index in [0.717, 1.165) is 17.7 Å². The van der Waals surface area contributed by atoms with Crippen LogP contribution in [0, 0.1) is 0 Å². The lowest BCUT2D eigenvalue weighted by atomic mass is 10.00. The highest BCUT2D eigenvalue weighted by Gasteiger charge is 2.21. The third-order valence-electron chi connectivity index (χ3n) is 3.15. The van der Waals surface area contributed by atoms with Gasteiger partial charge in [0.25, 0.3) is 0 Å². The van der Waals surface area contributed by atoms with E-state index in [0.29, 0.717) is 6.04 Å². The van der Waals surface area contributed by atoms with E-state index in [4.69, 9.17) is 0 Å². The quantitative estimate of drug-likeness (QED) is 0.733. The number of aldehydes is 1. The van der Waals surface area contributed by atoms with Crippen molar-refractivity contribution in [2.45, 2.75) is 38.6 Å². The maximum absolute atomic E-state index is 10.6. The summed E-state index contributed by atoms with van der Waals surface area (Å²) >= 11 is 1.55. The van der Waals surface area contributed by atoms with Gasteiger partial charge in [-0.05, 0) is 31.7 Å². The molecule has 0 radical (unpaired) electrons. The number of rotatable bonds is 3. The molecule has 2 heterocycles. The van der Waals surface area contributed by atoms with E-state index in [1.54, 1.807) is 11.3 Å². The first-order chi connectivity index (χ1) is 7.35. The third-order valence-corrected chi connectivity index (χ3v) is 4.00. The first-order valence-corrected chi connectivity index (χ1v) is 6.53. The highest BCUT2D eigenvalue weighted by Crippen LogP contribution is 2.29. The Morgan fingerprint density at radius 3 is 3.13 bits per heavy atom. The van der Waals surface area contributed by atoms with Gasteiger partial charge in [0, 0.05) is 23.7 Å². The minimum absolute atomic E-state index is 0.674. The van der Waals surface area contributed by atoms with Crippen LogP contribution in [0.2, 0.25) is 0 Å². The summed E-state index contributed by atoms with van der Waals surface area (Å²) in [6.07, 6.45) is 6.07. The molecule has 0 aromatic carbocycles. The Morgan fingerprint density at radius 2 is 2.47 bits per heavy atom. The van der Waals surface area contributed by atoms with Gasteiger partial charge in [-0.2, -0.15) is 0 Å². The zero-order chi connectivity index (χ0) is 10.7. The van der Waals surface area contributed by atoms with Crippen molar-refractivity contribution in [3.8, 4) is 0 Å². The smallest absolute Gasteiger partial charge is 0.160 e. The van der Waals surface area contributed by atoms with Gasteiger partial charge in [-0.15, -0.1) is 11.3 Å². The first kappa shape index (κ1) is 10.7. The molecule has 0 saturated carbocycles. The summed E-state index contributed by atoms with van der Waals surface area (Å²) in [6.45, 7) is 3.39. The van der Waals surface area contributed by atoms with Gasteiger partial charge < -0.3 is 4.90 Å². The summed E-state index contributed by atoms with van der Waals surface area (Å²) in [5.74, 6) is 0. The van der Waals surface area contributed by atoms with Crippen LogP contribution < -0.4 is 4.90 Å². The second-order valence-electron chi connectivity index (χ2n) is 4.08. The number of hydrogen-bond acceptors (Lipinski definition) is 3. The lowest BCUT2D eigenvalue weighted by Gasteiger charge is -2.36. The van der Waals surface area contributed by atoms with Crippen molar-refractivity contribution < 1.29 is 4.79 Å². The maximum atomic E-state index is 10.6. The van der Waals surface area contributed by atoms with Gasteiger partial charge in [-0.3, -0.25) is 4.79 Å². The van der Waals surface area contributed by atoms with Crippen molar-refractivity contribution in [2.75, 3.05) is 11.4 Å². The maximum Gasteiger partial charge on any atom is 0.160 e. The van der Waals surface area contributed by atoms with Crippen molar-refractivity contribution in [1.29, 1.82) is 0 Å². The van der Waals surface area contributed by atoms with Gasteiger partial charge in [0.15, 0.2) is 6.29 Å². The lowest BCUT2D eigenvalue weighted by Crippen LogP contribution is -2.38. The van der Waals surface area contributed by atoms with Crippen molar-refractivity contribution in [3.05, 3.63) is 16.3 Å². The molecule has 1 fully saturated rings. The lowest BCUT2D eigenvalue weighted by molar-refractivity contribution is 0.112. The topological polar surface area (TPSA) is 20.3 Å². The summed E-state index contributed by atoms with van der Waals surface area (Å²) < 4.78 is 0. The Hall–Kier alpha value is -0.830. The molecule has 3 heteroatoms. The molecule has 82 valence electrons. The van der Waals surface area contributed by atoms with E-state index in [-0.39, 0.29) is 0 Å². The molecule has 1 aliphatic heterocycles. The van der Waals surface area contributed by atoms with Gasteiger partial charge in [-0.1, -0.05) is 6.92 Å². The predicted octanol–water partition coefficient (Wildman–Crippen LogP) is 3.33. The minimum atomic E-state index is 0.674. The fourth-order valence-electron chi connectivity index (χ4n) is 2.32. The molecular weight excluding hydrogens is 206 g/mol. The molecule has 1 aliphatic rings. The highest BCUT2D eigenvalue weighted by molar-refractivity contribution is 7.12. The second kappa shape index (κ2) is 4.79. The fraction of sp³-hybridized carbons (Fsp3) is 0.583. The van der Waals surface area contributed by atoms with E-state index in [9.17, 15) is 4.79 Å². The largest absolute Gasteiger partial charge is 0.368 e. The monoisotopic (exact) mass is 223 g/mol. The van der Waals surface area contributed by atoms with Crippen LogP contribution in [0.4, 0.5) is 5.69 Å². The standard InChI is InChI=1S/C12H17NOS/c1-2-10-5-3-4-6-13(10)11-7-12(8-14)15-9-11/h7-10H,2-6H2,1H3. The van der Waals surface area contributed by atoms with Gasteiger partial charge in [-0.25, -0.2) is 0 Å². The van der Waals surface area contributed by atoms with Crippen molar-refractivity contribution in [1.82, 2.24) is 0 Å². The minimum Gasteiger partial charge on any atom is -0.368 e. The zero-order valence-corrected chi connectivity index (χ0v) is 9.93. The molecule has 0 amide bonds. The van der Waals surface area contributed by atoms with Crippen LogP contribution in [0.3, 0.4) is 0 Å².